The maximum atomic E-state index is 14.3. The largest absolute Gasteiger partial charge is 0.481 e. The molecule has 0 aromatic heterocycles. The Labute approximate surface area is 406 Å². The SMILES string of the molecule is CC[C@H](C)[C@H](NC(=O)[C@@H](N)CCC(N)=O)C(=O)N[C@@H](CC(C)C)C(=O)N[C@@H](CCC(=O)O)C(=O)N1CCC[C@H]1C(=O)N[C@H](C(=O)NCC(=O)N[C@H](C(=O)N[C@@H](CCC(=O)O)C(=O)O)[C@@H](C)O)[C@@H](C)CC. The predicted octanol–water partition coefficient (Wildman–Crippen LogP) is -3.07. The second kappa shape index (κ2) is 30.2. The van der Waals surface area contributed by atoms with E-state index in [1.165, 1.54) is 0 Å². The molecule has 15 N–H and O–H groups in total. The number of carboxylic acid groups (broad SMARTS) is 3. The molecule has 0 radical (unpaired) electrons. The van der Waals surface area contributed by atoms with E-state index in [1.807, 2.05) is 0 Å². The summed E-state index contributed by atoms with van der Waals surface area (Å²) in [6.45, 7) is 10.7. The van der Waals surface area contributed by atoms with Crippen LogP contribution < -0.4 is 48.7 Å². The van der Waals surface area contributed by atoms with E-state index in [0.717, 1.165) is 11.8 Å². The minimum atomic E-state index is -1.72. The summed E-state index contributed by atoms with van der Waals surface area (Å²) in [6.07, 6.45) is -2.70. The van der Waals surface area contributed by atoms with E-state index in [0.29, 0.717) is 19.3 Å². The highest BCUT2D eigenvalue weighted by Gasteiger charge is 2.41. The summed E-state index contributed by atoms with van der Waals surface area (Å²) in [7, 11) is 0. The van der Waals surface area contributed by atoms with Crippen molar-refractivity contribution in [3.8, 4) is 0 Å². The number of hydrogen-bond donors (Lipinski definition) is 13. The highest BCUT2D eigenvalue weighted by Crippen LogP contribution is 2.22. The quantitative estimate of drug-likeness (QED) is 0.0318. The van der Waals surface area contributed by atoms with E-state index >= 15 is 0 Å². The number of carboxylic acids is 3. The van der Waals surface area contributed by atoms with Crippen LogP contribution in [0.25, 0.3) is 0 Å². The molecule has 1 saturated heterocycles. The fourth-order valence-corrected chi connectivity index (χ4v) is 7.30. The zero-order valence-electron chi connectivity index (χ0n) is 40.9. The average molecular weight is 999 g/mol. The summed E-state index contributed by atoms with van der Waals surface area (Å²) < 4.78 is 0. The Morgan fingerprint density at radius 3 is 1.63 bits per heavy atom. The van der Waals surface area contributed by atoms with Gasteiger partial charge in [-0.3, -0.25) is 52.7 Å². The molecule has 0 spiro atoms. The highest BCUT2D eigenvalue weighted by molar-refractivity contribution is 5.98. The summed E-state index contributed by atoms with van der Waals surface area (Å²) in [5.74, 6) is -13.0. The van der Waals surface area contributed by atoms with Gasteiger partial charge in [-0.05, 0) is 63.2 Å². The fraction of sp³-hybridized carbons (Fsp3) is 0.727. The summed E-state index contributed by atoms with van der Waals surface area (Å²) in [5, 5.41) is 55.1. The molecule has 9 amide bonds. The molecular formula is C44H74N10O16. The van der Waals surface area contributed by atoms with Crippen LogP contribution in [-0.4, -0.2) is 164 Å². The number of aliphatic hydroxyl groups is 1. The van der Waals surface area contributed by atoms with E-state index in [1.54, 1.807) is 41.5 Å². The maximum Gasteiger partial charge on any atom is 0.326 e. The van der Waals surface area contributed by atoms with E-state index in [-0.39, 0.29) is 38.1 Å². The molecule has 1 fully saturated rings. The maximum absolute atomic E-state index is 14.3. The van der Waals surface area contributed by atoms with Crippen LogP contribution >= 0.6 is 0 Å². The average Bonchev–Trinajstić information content (AvgIpc) is 3.78. The van der Waals surface area contributed by atoms with Gasteiger partial charge in [0.25, 0.3) is 0 Å². The highest BCUT2D eigenvalue weighted by atomic mass is 16.4. The van der Waals surface area contributed by atoms with Crippen molar-refractivity contribution in [3.63, 3.8) is 0 Å². The summed E-state index contributed by atoms with van der Waals surface area (Å²) in [6, 6.07) is -11.0. The number of aliphatic carboxylic acids is 3. The predicted molar refractivity (Wildman–Crippen MR) is 247 cm³/mol. The lowest BCUT2D eigenvalue weighted by atomic mass is 9.96. The molecule has 26 nitrogen and oxygen atoms in total. The van der Waals surface area contributed by atoms with Crippen molar-refractivity contribution in [3.05, 3.63) is 0 Å². The van der Waals surface area contributed by atoms with Gasteiger partial charge in [0.2, 0.25) is 53.2 Å². The molecule has 0 unspecified atom stereocenters. The van der Waals surface area contributed by atoms with Crippen LogP contribution in [-0.2, 0) is 57.5 Å². The Morgan fingerprint density at radius 1 is 0.614 bits per heavy atom. The molecule has 70 heavy (non-hydrogen) atoms. The number of nitrogens with two attached hydrogens (primary N) is 2. The lowest BCUT2D eigenvalue weighted by Gasteiger charge is -2.32. The number of nitrogens with one attached hydrogen (secondary N) is 7. The number of amides is 9. The number of primary amides is 1. The number of nitrogens with zero attached hydrogens (tertiary/aromatic N) is 1. The first-order valence-electron chi connectivity index (χ1n) is 23.4. The summed E-state index contributed by atoms with van der Waals surface area (Å²) >= 11 is 0. The van der Waals surface area contributed by atoms with Gasteiger partial charge in [-0.15, -0.1) is 0 Å². The first-order chi connectivity index (χ1) is 32.6. The third kappa shape index (κ3) is 21.1. The third-order valence-electron chi connectivity index (χ3n) is 11.8. The first-order valence-corrected chi connectivity index (χ1v) is 23.4. The van der Waals surface area contributed by atoms with Crippen molar-refractivity contribution in [2.45, 2.75) is 174 Å². The molecule has 11 atom stereocenters. The van der Waals surface area contributed by atoms with Gasteiger partial charge >= 0.3 is 17.9 Å². The number of carbonyl (C=O) groups excluding carboxylic acids is 9. The van der Waals surface area contributed by atoms with Gasteiger partial charge in [-0.1, -0.05) is 54.4 Å². The molecule has 396 valence electrons. The van der Waals surface area contributed by atoms with Crippen molar-refractivity contribution in [2.75, 3.05) is 13.1 Å². The van der Waals surface area contributed by atoms with Crippen molar-refractivity contribution in [1.29, 1.82) is 0 Å². The van der Waals surface area contributed by atoms with Crippen molar-refractivity contribution in [1.82, 2.24) is 42.1 Å². The number of rotatable bonds is 32. The van der Waals surface area contributed by atoms with Crippen LogP contribution in [0.5, 0.6) is 0 Å². The van der Waals surface area contributed by atoms with E-state index in [9.17, 15) is 72.9 Å². The van der Waals surface area contributed by atoms with Gasteiger partial charge in [0.1, 0.15) is 42.3 Å². The van der Waals surface area contributed by atoms with Gasteiger partial charge < -0.3 is 74.0 Å². The topological polar surface area (TPSA) is 425 Å². The Kier molecular flexibility index (Phi) is 26.6. The second-order valence-electron chi connectivity index (χ2n) is 18.1. The van der Waals surface area contributed by atoms with E-state index in [2.05, 4.69) is 37.2 Å². The molecule has 1 rings (SSSR count). The molecule has 1 aliphatic rings. The number of aliphatic hydroxyl groups excluding tert-OH is 1. The van der Waals surface area contributed by atoms with Crippen LogP contribution in [0.1, 0.15) is 119 Å². The zero-order valence-corrected chi connectivity index (χ0v) is 40.9. The van der Waals surface area contributed by atoms with Crippen LogP contribution in [0, 0.1) is 17.8 Å². The Balaban J connectivity index is 3.27. The van der Waals surface area contributed by atoms with Gasteiger partial charge in [0.05, 0.1) is 18.7 Å². The Morgan fingerprint density at radius 2 is 1.13 bits per heavy atom. The molecule has 0 bridgehead atoms. The normalized spacial score (nSPS) is 17.6. The summed E-state index contributed by atoms with van der Waals surface area (Å²) in [4.78, 5) is 155. The summed E-state index contributed by atoms with van der Waals surface area (Å²) in [5.41, 5.74) is 11.1. The van der Waals surface area contributed by atoms with Crippen molar-refractivity contribution < 1.29 is 78.0 Å². The Hall–Kier alpha value is -6.44. The number of carbonyl (C=O) groups is 12. The zero-order chi connectivity index (χ0) is 53.6. The van der Waals surface area contributed by atoms with E-state index < -0.39 is 170 Å². The van der Waals surface area contributed by atoms with Gasteiger partial charge in [0, 0.05) is 25.8 Å². The van der Waals surface area contributed by atoms with Crippen LogP contribution in [0.3, 0.4) is 0 Å². The smallest absolute Gasteiger partial charge is 0.326 e. The van der Waals surface area contributed by atoms with Crippen LogP contribution in [0.4, 0.5) is 0 Å². The van der Waals surface area contributed by atoms with Crippen LogP contribution in [0.15, 0.2) is 0 Å². The molecule has 0 aromatic rings. The molecule has 0 aliphatic carbocycles. The first kappa shape index (κ1) is 61.6. The minimum absolute atomic E-state index is 0.00550. The van der Waals surface area contributed by atoms with Gasteiger partial charge in [-0.25, -0.2) is 4.79 Å². The number of hydrogen-bond acceptors (Lipinski definition) is 14. The van der Waals surface area contributed by atoms with Crippen molar-refractivity contribution in [2.24, 2.45) is 29.2 Å². The van der Waals surface area contributed by atoms with Crippen molar-refractivity contribution >= 4 is 71.1 Å². The van der Waals surface area contributed by atoms with Gasteiger partial charge in [0.15, 0.2) is 0 Å². The third-order valence-corrected chi connectivity index (χ3v) is 11.8. The minimum Gasteiger partial charge on any atom is -0.481 e. The molecular weight excluding hydrogens is 925 g/mol. The number of likely N-dealkylation sites (tertiary alicyclic amines) is 1. The van der Waals surface area contributed by atoms with Gasteiger partial charge in [-0.2, -0.15) is 0 Å². The fourth-order valence-electron chi connectivity index (χ4n) is 7.30. The lowest BCUT2D eigenvalue weighted by molar-refractivity contribution is -0.144. The lowest BCUT2D eigenvalue weighted by Crippen LogP contribution is -2.60. The molecule has 1 aliphatic heterocycles. The Bertz CT molecular complexity index is 1880. The molecule has 0 saturated carbocycles. The van der Waals surface area contributed by atoms with Crippen LogP contribution in [0.2, 0.25) is 0 Å². The van der Waals surface area contributed by atoms with E-state index in [4.69, 9.17) is 16.6 Å². The molecule has 26 heteroatoms. The monoisotopic (exact) mass is 999 g/mol. The standard InChI is InChI=1S/C44H74N10O16/c1-8-22(5)34(40(65)47-20-31(57)51-36(24(7)55)42(67)49-27(44(69)70)14-17-33(60)61)53-39(64)29-11-10-18-54(29)43(68)26(13-16-32(58)59)48-38(63)28(19-21(3)4)50-41(66)35(23(6)9-2)52-37(62)25(45)12-15-30(46)56/h21-29,34-36,55H,8-20,45H2,1-7H3,(H2,46,56)(H,47,65)(H,48,63)(H,49,67)(H,50,66)(H,51,57)(H,52,62)(H,53,64)(H,58,59)(H,60,61)(H,69,70)/t22-,23-,24+,25-,26-,27-,28-,29-,34-,35-,36-/m0/s1. The molecule has 1 heterocycles. The second-order valence-corrected chi connectivity index (χ2v) is 18.1. The molecule has 0 aromatic carbocycles.